The highest BCUT2D eigenvalue weighted by Gasteiger charge is 2.30. The number of hydrogen-bond donors (Lipinski definition) is 1. The van der Waals surface area contributed by atoms with Crippen LogP contribution in [0.3, 0.4) is 0 Å². The zero-order chi connectivity index (χ0) is 10.8. The highest BCUT2D eigenvalue weighted by Crippen LogP contribution is 2.28. The molecule has 1 atom stereocenters. The minimum absolute atomic E-state index is 0.483. The van der Waals surface area contributed by atoms with Gasteiger partial charge in [0.05, 0.1) is 6.42 Å². The summed E-state index contributed by atoms with van der Waals surface area (Å²) in [5.41, 5.74) is 5.89. The Morgan fingerprint density at radius 1 is 1.36 bits per heavy atom. The maximum Gasteiger partial charge on any atom is 0.390 e. The summed E-state index contributed by atoms with van der Waals surface area (Å²) in [5, 5.41) is 0. The van der Waals surface area contributed by atoms with E-state index in [0.717, 1.165) is 4.47 Å². The van der Waals surface area contributed by atoms with Crippen LogP contribution in [0.2, 0.25) is 0 Å². The Balaban J connectivity index is 2.74. The molecule has 1 nitrogen and oxygen atoms in total. The summed E-state index contributed by atoms with van der Waals surface area (Å²) in [6.45, 7) is 0. The van der Waals surface area contributed by atoms with Crippen molar-refractivity contribution in [3.63, 3.8) is 0 Å². The quantitative estimate of drug-likeness (QED) is 0.874. The molecule has 0 heterocycles. The standard InChI is InChI=1S/C9H9BrF3N/c10-7-3-1-2-6(4-7)8(14)5-9(11,12)13/h1-4,8H,5,14H2/t8-/m0/s1. The van der Waals surface area contributed by atoms with Crippen molar-refractivity contribution in [3.8, 4) is 0 Å². The van der Waals surface area contributed by atoms with Gasteiger partial charge < -0.3 is 5.73 Å². The van der Waals surface area contributed by atoms with Crippen molar-refractivity contribution >= 4 is 15.9 Å². The van der Waals surface area contributed by atoms with Crippen LogP contribution in [0.1, 0.15) is 18.0 Å². The van der Waals surface area contributed by atoms with Crippen molar-refractivity contribution in [2.45, 2.75) is 18.6 Å². The van der Waals surface area contributed by atoms with E-state index in [1.54, 1.807) is 24.3 Å². The number of benzene rings is 1. The van der Waals surface area contributed by atoms with Gasteiger partial charge in [-0.3, -0.25) is 0 Å². The Kier molecular flexibility index (Phi) is 3.55. The van der Waals surface area contributed by atoms with E-state index in [2.05, 4.69) is 15.9 Å². The number of alkyl halides is 3. The molecule has 0 aliphatic rings. The molecule has 5 heteroatoms. The van der Waals surface area contributed by atoms with Crippen molar-refractivity contribution in [1.29, 1.82) is 0 Å². The van der Waals surface area contributed by atoms with E-state index >= 15 is 0 Å². The molecule has 0 saturated carbocycles. The first-order chi connectivity index (χ1) is 6.38. The van der Waals surface area contributed by atoms with Gasteiger partial charge in [-0.2, -0.15) is 13.2 Å². The number of nitrogens with two attached hydrogens (primary N) is 1. The van der Waals surface area contributed by atoms with Gasteiger partial charge in [0.1, 0.15) is 0 Å². The van der Waals surface area contributed by atoms with Crippen LogP contribution in [0.4, 0.5) is 13.2 Å². The molecule has 1 rings (SSSR count). The van der Waals surface area contributed by atoms with E-state index in [1.807, 2.05) is 0 Å². The third-order valence-electron chi connectivity index (χ3n) is 1.73. The summed E-state index contributed by atoms with van der Waals surface area (Å²) in [5.74, 6) is 0. The zero-order valence-electron chi connectivity index (χ0n) is 7.18. The fraction of sp³-hybridized carbons (Fsp3) is 0.333. The van der Waals surface area contributed by atoms with Crippen molar-refractivity contribution < 1.29 is 13.2 Å². The molecule has 78 valence electrons. The topological polar surface area (TPSA) is 26.0 Å². The summed E-state index contributed by atoms with van der Waals surface area (Å²) in [6.07, 6.45) is -5.22. The minimum atomic E-state index is -4.22. The van der Waals surface area contributed by atoms with E-state index in [4.69, 9.17) is 5.73 Å². The molecule has 0 radical (unpaired) electrons. The Morgan fingerprint density at radius 3 is 2.50 bits per heavy atom. The summed E-state index contributed by atoms with van der Waals surface area (Å²) in [7, 11) is 0. The Morgan fingerprint density at radius 2 is 2.00 bits per heavy atom. The molecule has 0 aliphatic heterocycles. The molecule has 0 bridgehead atoms. The van der Waals surface area contributed by atoms with E-state index < -0.39 is 18.6 Å². The Hall–Kier alpha value is -0.550. The fourth-order valence-corrected chi connectivity index (χ4v) is 1.52. The highest BCUT2D eigenvalue weighted by atomic mass is 79.9. The first-order valence-electron chi connectivity index (χ1n) is 3.96. The summed E-state index contributed by atoms with van der Waals surface area (Å²) < 4.78 is 36.7. The normalized spacial score (nSPS) is 14.1. The van der Waals surface area contributed by atoms with Crippen LogP contribution in [-0.2, 0) is 0 Å². The van der Waals surface area contributed by atoms with E-state index in [1.165, 1.54) is 0 Å². The summed E-state index contributed by atoms with van der Waals surface area (Å²) >= 11 is 3.17. The monoisotopic (exact) mass is 267 g/mol. The Bertz CT molecular complexity index is 311. The third-order valence-corrected chi connectivity index (χ3v) is 2.22. The molecular formula is C9H9BrF3N. The van der Waals surface area contributed by atoms with Crippen LogP contribution in [0.5, 0.6) is 0 Å². The second-order valence-electron chi connectivity index (χ2n) is 2.98. The molecule has 2 N–H and O–H groups in total. The van der Waals surface area contributed by atoms with Gasteiger partial charge in [0.15, 0.2) is 0 Å². The van der Waals surface area contributed by atoms with Crippen molar-refractivity contribution in [3.05, 3.63) is 34.3 Å². The van der Waals surface area contributed by atoms with Gasteiger partial charge in [0.2, 0.25) is 0 Å². The molecule has 1 aromatic rings. The number of hydrogen-bond acceptors (Lipinski definition) is 1. The fourth-order valence-electron chi connectivity index (χ4n) is 1.10. The van der Waals surface area contributed by atoms with Crippen LogP contribution < -0.4 is 5.73 Å². The largest absolute Gasteiger partial charge is 0.390 e. The van der Waals surface area contributed by atoms with Crippen LogP contribution in [0.25, 0.3) is 0 Å². The predicted octanol–water partition coefficient (Wildman–Crippen LogP) is 3.40. The number of halogens is 4. The SMILES string of the molecule is N[C@@H](CC(F)(F)F)c1cccc(Br)c1. The van der Waals surface area contributed by atoms with Crippen LogP contribution in [0.15, 0.2) is 28.7 Å². The van der Waals surface area contributed by atoms with Gasteiger partial charge in [0.25, 0.3) is 0 Å². The highest BCUT2D eigenvalue weighted by molar-refractivity contribution is 9.10. The van der Waals surface area contributed by atoms with Gasteiger partial charge in [-0.05, 0) is 17.7 Å². The van der Waals surface area contributed by atoms with E-state index in [9.17, 15) is 13.2 Å². The van der Waals surface area contributed by atoms with Crippen LogP contribution >= 0.6 is 15.9 Å². The molecule has 0 fully saturated rings. The molecule has 1 aromatic carbocycles. The van der Waals surface area contributed by atoms with Crippen LogP contribution in [-0.4, -0.2) is 6.18 Å². The zero-order valence-corrected chi connectivity index (χ0v) is 8.77. The first-order valence-corrected chi connectivity index (χ1v) is 4.75. The van der Waals surface area contributed by atoms with Crippen molar-refractivity contribution in [2.75, 3.05) is 0 Å². The van der Waals surface area contributed by atoms with E-state index in [0.29, 0.717) is 5.56 Å². The lowest BCUT2D eigenvalue weighted by Gasteiger charge is -2.14. The molecule has 0 spiro atoms. The lowest BCUT2D eigenvalue weighted by Crippen LogP contribution is -2.20. The first kappa shape index (κ1) is 11.5. The smallest absolute Gasteiger partial charge is 0.324 e. The molecule has 0 unspecified atom stereocenters. The summed E-state index contributed by atoms with van der Waals surface area (Å²) in [6, 6.07) is 5.59. The van der Waals surface area contributed by atoms with Gasteiger partial charge in [-0.25, -0.2) is 0 Å². The third kappa shape index (κ3) is 3.67. The average Bonchev–Trinajstić information content (AvgIpc) is 2.01. The molecule has 0 amide bonds. The lowest BCUT2D eigenvalue weighted by atomic mass is 10.1. The van der Waals surface area contributed by atoms with Crippen molar-refractivity contribution in [1.82, 2.24) is 0 Å². The van der Waals surface area contributed by atoms with Gasteiger partial charge in [0, 0.05) is 10.5 Å². The van der Waals surface area contributed by atoms with Crippen molar-refractivity contribution in [2.24, 2.45) is 5.73 Å². The van der Waals surface area contributed by atoms with E-state index in [-0.39, 0.29) is 0 Å². The number of rotatable bonds is 2. The molecule has 0 aromatic heterocycles. The Labute approximate surface area is 88.2 Å². The maximum atomic E-state index is 12.0. The van der Waals surface area contributed by atoms with Gasteiger partial charge >= 0.3 is 6.18 Å². The second kappa shape index (κ2) is 4.31. The maximum absolute atomic E-state index is 12.0. The second-order valence-corrected chi connectivity index (χ2v) is 3.90. The predicted molar refractivity (Wildman–Crippen MR) is 51.7 cm³/mol. The van der Waals surface area contributed by atoms with Crippen LogP contribution in [0, 0.1) is 0 Å². The van der Waals surface area contributed by atoms with Gasteiger partial charge in [-0.1, -0.05) is 28.1 Å². The average molecular weight is 268 g/mol. The minimum Gasteiger partial charge on any atom is -0.324 e. The van der Waals surface area contributed by atoms with Gasteiger partial charge in [-0.15, -0.1) is 0 Å². The molecular weight excluding hydrogens is 259 g/mol. The molecule has 0 aliphatic carbocycles. The molecule has 14 heavy (non-hydrogen) atoms. The summed E-state index contributed by atoms with van der Waals surface area (Å²) in [4.78, 5) is 0. The lowest BCUT2D eigenvalue weighted by molar-refractivity contribution is -0.138. The molecule has 0 saturated heterocycles.